The van der Waals surface area contributed by atoms with Crippen molar-refractivity contribution in [3.63, 3.8) is 0 Å². The van der Waals surface area contributed by atoms with Crippen LogP contribution in [0.4, 0.5) is 13.2 Å². The summed E-state index contributed by atoms with van der Waals surface area (Å²) in [5.74, 6) is -2.39. The van der Waals surface area contributed by atoms with Crippen molar-refractivity contribution in [3.8, 4) is 0 Å². The number of esters is 1. The van der Waals surface area contributed by atoms with Crippen LogP contribution in [0.2, 0.25) is 0 Å². The summed E-state index contributed by atoms with van der Waals surface area (Å²) >= 11 is 0. The van der Waals surface area contributed by atoms with Crippen molar-refractivity contribution in [3.05, 3.63) is 11.8 Å². The number of quaternary nitrogens is 1. The molecule has 1 aromatic heterocycles. The van der Waals surface area contributed by atoms with Gasteiger partial charge in [-0.1, -0.05) is 0 Å². The fraction of sp³-hybridized carbons (Fsp3) is 0.692. The van der Waals surface area contributed by atoms with Gasteiger partial charge in [-0.2, -0.15) is 18.3 Å². The van der Waals surface area contributed by atoms with Crippen LogP contribution in [-0.2, 0) is 25.3 Å². The highest BCUT2D eigenvalue weighted by atomic mass is 32.2. The summed E-state index contributed by atoms with van der Waals surface area (Å²) in [5, 5.41) is 8.39. The van der Waals surface area contributed by atoms with Crippen molar-refractivity contribution >= 4 is 16.0 Å². The van der Waals surface area contributed by atoms with Gasteiger partial charge < -0.3 is 4.74 Å². The quantitative estimate of drug-likeness (QED) is 0.463. The standard InChI is InChI=1S/C13H22F3N4O4S/c1-8(2)19-9(7-10(18-19)25(17,22)23)12(3,20(4,5)6)24-11(21)13(14,15)16/h7-8H,1-6H3,(H2,17,22,23)/q+1. The number of rotatable bonds is 5. The first-order valence-electron chi connectivity index (χ1n) is 7.16. The lowest BCUT2D eigenvalue weighted by Gasteiger charge is -2.42. The number of carbonyl (C=O) groups is 1. The van der Waals surface area contributed by atoms with E-state index in [2.05, 4.69) is 5.10 Å². The van der Waals surface area contributed by atoms with E-state index in [4.69, 9.17) is 9.88 Å². The van der Waals surface area contributed by atoms with Crippen LogP contribution >= 0.6 is 0 Å². The first kappa shape index (κ1) is 21.4. The Balaban J connectivity index is 3.68. The van der Waals surface area contributed by atoms with E-state index in [1.807, 2.05) is 0 Å². The molecule has 0 saturated carbocycles. The third-order valence-electron chi connectivity index (χ3n) is 3.77. The Hall–Kier alpha value is -1.66. The Morgan fingerprint density at radius 2 is 1.80 bits per heavy atom. The van der Waals surface area contributed by atoms with Crippen molar-refractivity contribution in [2.75, 3.05) is 21.1 Å². The minimum Gasteiger partial charge on any atom is -0.397 e. The maximum Gasteiger partial charge on any atom is 0.491 e. The summed E-state index contributed by atoms with van der Waals surface area (Å²) in [6.45, 7) is 4.54. The predicted octanol–water partition coefficient (Wildman–Crippen LogP) is 1.10. The van der Waals surface area contributed by atoms with Crippen molar-refractivity contribution in [2.45, 2.75) is 43.7 Å². The van der Waals surface area contributed by atoms with Gasteiger partial charge in [0.1, 0.15) is 5.69 Å². The topological polar surface area (TPSA) is 104 Å². The molecule has 0 aromatic carbocycles. The number of nitrogens with two attached hydrogens (primary N) is 1. The maximum absolute atomic E-state index is 12.7. The first-order valence-corrected chi connectivity index (χ1v) is 8.70. The van der Waals surface area contributed by atoms with Crippen LogP contribution in [0.1, 0.15) is 32.5 Å². The molecule has 25 heavy (non-hydrogen) atoms. The molecule has 144 valence electrons. The van der Waals surface area contributed by atoms with Crippen LogP contribution in [-0.4, -0.2) is 56.0 Å². The highest BCUT2D eigenvalue weighted by Crippen LogP contribution is 2.36. The lowest BCUT2D eigenvalue weighted by molar-refractivity contribution is -0.955. The van der Waals surface area contributed by atoms with Crippen molar-refractivity contribution in [1.82, 2.24) is 9.78 Å². The summed E-state index contributed by atoms with van der Waals surface area (Å²) in [6.07, 6.45) is -5.21. The molecule has 0 bridgehead atoms. The first-order chi connectivity index (χ1) is 10.9. The molecule has 12 heteroatoms. The van der Waals surface area contributed by atoms with E-state index in [0.717, 1.165) is 6.07 Å². The summed E-state index contributed by atoms with van der Waals surface area (Å²) in [7, 11) is 0.292. The SMILES string of the molecule is CC(C)n1nc(S(N)(=O)=O)cc1C(C)(OC(=O)C(F)(F)F)[N+](C)(C)C. The number of alkyl halides is 3. The van der Waals surface area contributed by atoms with Crippen LogP contribution in [0, 0.1) is 0 Å². The molecule has 0 saturated heterocycles. The van der Waals surface area contributed by atoms with E-state index in [1.165, 1.54) is 32.7 Å². The van der Waals surface area contributed by atoms with E-state index in [0.29, 0.717) is 0 Å². The number of ether oxygens (including phenoxy) is 1. The van der Waals surface area contributed by atoms with Gasteiger partial charge in [-0.3, -0.25) is 9.16 Å². The zero-order valence-electron chi connectivity index (χ0n) is 14.7. The van der Waals surface area contributed by atoms with Gasteiger partial charge in [-0.15, -0.1) is 0 Å². The highest BCUT2D eigenvalue weighted by molar-refractivity contribution is 7.89. The Kier molecular flexibility index (Phi) is 5.35. The number of hydrogen-bond acceptors (Lipinski definition) is 5. The molecule has 1 unspecified atom stereocenters. The summed E-state index contributed by atoms with van der Waals surface area (Å²) in [6, 6.07) is 0.587. The normalized spacial score (nSPS) is 16.0. The molecule has 1 atom stereocenters. The molecule has 0 aliphatic rings. The van der Waals surface area contributed by atoms with E-state index >= 15 is 0 Å². The molecule has 0 amide bonds. The third-order valence-corrected chi connectivity index (χ3v) is 4.55. The molecule has 1 heterocycles. The Morgan fingerprint density at radius 1 is 1.32 bits per heavy atom. The zero-order chi connectivity index (χ0) is 20.0. The number of aromatic nitrogens is 2. The lowest BCUT2D eigenvalue weighted by Crippen LogP contribution is -2.57. The number of halogens is 3. The average molecular weight is 387 g/mol. The minimum absolute atomic E-state index is 0.0309. The number of primary sulfonamides is 1. The molecule has 0 fully saturated rings. The fourth-order valence-corrected chi connectivity index (χ4v) is 2.50. The monoisotopic (exact) mass is 387 g/mol. The van der Waals surface area contributed by atoms with Gasteiger partial charge >= 0.3 is 12.1 Å². The van der Waals surface area contributed by atoms with Crippen LogP contribution in [0.25, 0.3) is 0 Å². The van der Waals surface area contributed by atoms with Gasteiger partial charge in [0.05, 0.1) is 21.1 Å². The smallest absolute Gasteiger partial charge is 0.397 e. The number of carbonyl (C=O) groups excluding carboxylic acids is 1. The molecular weight excluding hydrogens is 365 g/mol. The van der Waals surface area contributed by atoms with Gasteiger partial charge in [0.25, 0.3) is 15.7 Å². The molecule has 0 aliphatic carbocycles. The highest BCUT2D eigenvalue weighted by Gasteiger charge is 2.53. The Morgan fingerprint density at radius 3 is 2.12 bits per heavy atom. The second kappa shape index (κ2) is 6.25. The molecule has 1 aromatic rings. The largest absolute Gasteiger partial charge is 0.491 e. The van der Waals surface area contributed by atoms with Crippen molar-refractivity contribution in [2.24, 2.45) is 5.14 Å². The molecule has 2 N–H and O–H groups in total. The van der Waals surface area contributed by atoms with E-state index in [9.17, 15) is 26.4 Å². The van der Waals surface area contributed by atoms with E-state index in [1.54, 1.807) is 13.8 Å². The van der Waals surface area contributed by atoms with E-state index < -0.39 is 39.0 Å². The van der Waals surface area contributed by atoms with Crippen LogP contribution < -0.4 is 5.14 Å². The van der Waals surface area contributed by atoms with Crippen LogP contribution in [0.5, 0.6) is 0 Å². The molecular formula is C13H22F3N4O4S+. The van der Waals surface area contributed by atoms with Gasteiger partial charge in [-0.05, 0) is 13.8 Å². The lowest BCUT2D eigenvalue weighted by atomic mass is 10.1. The predicted molar refractivity (Wildman–Crippen MR) is 81.5 cm³/mol. The van der Waals surface area contributed by atoms with E-state index in [-0.39, 0.29) is 10.2 Å². The summed E-state index contributed by atoms with van der Waals surface area (Å²) < 4.78 is 67.0. The third kappa shape index (κ3) is 4.30. The molecule has 8 nitrogen and oxygen atoms in total. The summed E-state index contributed by atoms with van der Waals surface area (Å²) in [5.41, 5.74) is -1.91. The number of sulfonamides is 1. The average Bonchev–Trinajstić information content (AvgIpc) is 2.81. The van der Waals surface area contributed by atoms with Crippen molar-refractivity contribution < 1.29 is 35.6 Å². The molecule has 0 aliphatic heterocycles. The van der Waals surface area contributed by atoms with Crippen molar-refractivity contribution in [1.29, 1.82) is 0 Å². The number of nitrogens with zero attached hydrogens (tertiary/aromatic N) is 3. The Labute approximate surface area is 144 Å². The Bertz CT molecular complexity index is 765. The van der Waals surface area contributed by atoms with Crippen LogP contribution in [0.15, 0.2) is 11.1 Å². The summed E-state index contributed by atoms with van der Waals surface area (Å²) in [4.78, 5) is 11.5. The molecule has 0 spiro atoms. The molecule has 1 rings (SSSR count). The number of hydrogen-bond donors (Lipinski definition) is 1. The minimum atomic E-state index is -5.21. The van der Waals surface area contributed by atoms with Gasteiger partial charge in [0, 0.05) is 19.0 Å². The van der Waals surface area contributed by atoms with Gasteiger partial charge in [0.15, 0.2) is 5.03 Å². The fourth-order valence-electron chi connectivity index (χ4n) is 2.02. The zero-order valence-corrected chi connectivity index (χ0v) is 15.6. The second-order valence-corrected chi connectivity index (χ2v) is 8.34. The maximum atomic E-state index is 12.7. The van der Waals surface area contributed by atoms with Gasteiger partial charge in [-0.25, -0.2) is 18.4 Å². The van der Waals surface area contributed by atoms with Crippen LogP contribution in [0.3, 0.4) is 0 Å². The van der Waals surface area contributed by atoms with Gasteiger partial charge in [0.2, 0.25) is 0 Å². The molecule has 0 radical (unpaired) electrons. The second-order valence-electron chi connectivity index (χ2n) is 6.83.